The highest BCUT2D eigenvalue weighted by molar-refractivity contribution is 5.95. The highest BCUT2D eigenvalue weighted by Gasteiger charge is 2.13. The largest absolute Gasteiger partial charge is 0.465 e. The number of hydrogen-bond donors (Lipinski definition) is 1. The van der Waals surface area contributed by atoms with E-state index >= 15 is 0 Å². The van der Waals surface area contributed by atoms with Crippen LogP contribution in [0.2, 0.25) is 0 Å². The van der Waals surface area contributed by atoms with Crippen molar-refractivity contribution in [3.8, 4) is 0 Å². The van der Waals surface area contributed by atoms with Crippen molar-refractivity contribution in [3.05, 3.63) is 29.8 Å². The van der Waals surface area contributed by atoms with Crippen LogP contribution >= 0.6 is 0 Å². The van der Waals surface area contributed by atoms with Crippen molar-refractivity contribution < 1.29 is 14.3 Å². The lowest BCUT2D eigenvalue weighted by Gasteiger charge is -2.23. The number of nitrogens with one attached hydrogen (secondary N) is 1. The molecule has 120 valence electrons. The van der Waals surface area contributed by atoms with E-state index in [1.807, 2.05) is 0 Å². The minimum Gasteiger partial charge on any atom is -0.465 e. The number of hydrogen-bond acceptors (Lipinski definition) is 4. The molecule has 2 rings (SSSR count). The van der Waals surface area contributed by atoms with E-state index in [0.717, 1.165) is 25.9 Å². The third-order valence-electron chi connectivity index (χ3n) is 3.88. The Morgan fingerprint density at radius 3 is 2.50 bits per heavy atom. The Labute approximate surface area is 131 Å². The zero-order chi connectivity index (χ0) is 15.8. The van der Waals surface area contributed by atoms with E-state index in [-0.39, 0.29) is 5.91 Å². The van der Waals surface area contributed by atoms with Gasteiger partial charge in [0.05, 0.1) is 19.2 Å². The fraction of sp³-hybridized carbons (Fsp3) is 0.529. The molecule has 22 heavy (non-hydrogen) atoms. The molecule has 1 aromatic carbocycles. The van der Waals surface area contributed by atoms with Crippen LogP contribution in [-0.4, -0.2) is 43.5 Å². The number of carbonyl (C=O) groups excluding carboxylic acids is 2. The van der Waals surface area contributed by atoms with Crippen LogP contribution in [0.25, 0.3) is 0 Å². The van der Waals surface area contributed by atoms with Gasteiger partial charge in [-0.15, -0.1) is 0 Å². The summed E-state index contributed by atoms with van der Waals surface area (Å²) in [7, 11) is 1.34. The molecule has 0 unspecified atom stereocenters. The van der Waals surface area contributed by atoms with Gasteiger partial charge in [-0.25, -0.2) is 4.79 Å². The number of rotatable bonds is 4. The van der Waals surface area contributed by atoms with Crippen molar-refractivity contribution in [2.24, 2.45) is 0 Å². The summed E-state index contributed by atoms with van der Waals surface area (Å²) in [6.45, 7) is 2.37. The van der Waals surface area contributed by atoms with Crippen LogP contribution in [-0.2, 0) is 9.53 Å². The number of nitrogens with zero attached hydrogens (tertiary/aromatic N) is 1. The molecular weight excluding hydrogens is 280 g/mol. The van der Waals surface area contributed by atoms with Crippen molar-refractivity contribution in [3.63, 3.8) is 0 Å². The van der Waals surface area contributed by atoms with Crippen molar-refractivity contribution in [2.45, 2.75) is 32.1 Å². The summed E-state index contributed by atoms with van der Waals surface area (Å²) in [5.41, 5.74) is 1.06. The molecule has 0 atom stereocenters. The van der Waals surface area contributed by atoms with Gasteiger partial charge in [0.15, 0.2) is 0 Å². The molecule has 5 nitrogen and oxygen atoms in total. The second-order valence-electron chi connectivity index (χ2n) is 5.66. The van der Waals surface area contributed by atoms with E-state index in [1.54, 1.807) is 24.3 Å². The zero-order valence-electron chi connectivity index (χ0n) is 13.1. The monoisotopic (exact) mass is 304 g/mol. The maximum absolute atomic E-state index is 12.2. The number of methoxy groups -OCH3 is 1. The van der Waals surface area contributed by atoms with Crippen LogP contribution in [0.4, 0.5) is 5.69 Å². The molecule has 0 aliphatic carbocycles. The molecule has 1 aromatic rings. The van der Waals surface area contributed by atoms with E-state index in [4.69, 9.17) is 0 Å². The number of likely N-dealkylation sites (tertiary alicyclic amines) is 1. The number of benzene rings is 1. The van der Waals surface area contributed by atoms with E-state index in [1.165, 1.54) is 26.4 Å². The van der Waals surface area contributed by atoms with E-state index in [9.17, 15) is 9.59 Å². The molecule has 1 heterocycles. The fourth-order valence-electron chi connectivity index (χ4n) is 2.72. The molecule has 1 aliphatic heterocycles. The Hall–Kier alpha value is -1.88. The molecule has 1 N–H and O–H groups in total. The molecule has 0 saturated carbocycles. The topological polar surface area (TPSA) is 58.6 Å². The molecule has 0 spiro atoms. The summed E-state index contributed by atoms with van der Waals surface area (Å²) in [5, 5.41) is 2.86. The number of anilines is 1. The lowest BCUT2D eigenvalue weighted by Crippen LogP contribution is -2.35. The lowest BCUT2D eigenvalue weighted by molar-refractivity contribution is -0.117. The van der Waals surface area contributed by atoms with Gasteiger partial charge in [0.25, 0.3) is 0 Å². The summed E-state index contributed by atoms with van der Waals surface area (Å²) in [6, 6.07) is 6.81. The molecular formula is C17H24N2O3. The second kappa shape index (κ2) is 8.54. The van der Waals surface area contributed by atoms with Crippen LogP contribution in [0.5, 0.6) is 0 Å². The smallest absolute Gasteiger partial charge is 0.337 e. The van der Waals surface area contributed by atoms with Gasteiger partial charge in [0.2, 0.25) is 5.91 Å². The Morgan fingerprint density at radius 1 is 1.14 bits per heavy atom. The average molecular weight is 304 g/mol. The van der Waals surface area contributed by atoms with Gasteiger partial charge in [-0.1, -0.05) is 25.3 Å². The summed E-state index contributed by atoms with van der Waals surface area (Å²) < 4.78 is 4.68. The van der Waals surface area contributed by atoms with Gasteiger partial charge in [0.1, 0.15) is 0 Å². The van der Waals surface area contributed by atoms with E-state index in [2.05, 4.69) is 15.0 Å². The van der Waals surface area contributed by atoms with Crippen molar-refractivity contribution in [2.75, 3.05) is 32.1 Å². The van der Waals surface area contributed by atoms with Gasteiger partial charge in [-0.05, 0) is 44.1 Å². The third kappa shape index (κ3) is 5.15. The van der Waals surface area contributed by atoms with Gasteiger partial charge >= 0.3 is 5.97 Å². The number of amides is 1. The Bertz CT molecular complexity index is 508. The van der Waals surface area contributed by atoms with Gasteiger partial charge in [0, 0.05) is 5.69 Å². The Kier molecular flexibility index (Phi) is 6.40. The van der Waals surface area contributed by atoms with Gasteiger partial charge < -0.3 is 10.1 Å². The molecule has 5 heteroatoms. The van der Waals surface area contributed by atoms with E-state index in [0.29, 0.717) is 17.8 Å². The molecule has 1 fully saturated rings. The molecule has 1 saturated heterocycles. The predicted octanol–water partition coefficient (Wildman–Crippen LogP) is 2.68. The normalized spacial score (nSPS) is 16.4. The molecule has 0 radical (unpaired) electrons. The Balaban J connectivity index is 1.89. The lowest BCUT2D eigenvalue weighted by atomic mass is 10.1. The summed E-state index contributed by atoms with van der Waals surface area (Å²) in [5.74, 6) is -0.442. The number of ether oxygens (including phenoxy) is 1. The number of esters is 1. The summed E-state index contributed by atoms with van der Waals surface area (Å²) in [6.07, 6.45) is 6.12. The van der Waals surface area contributed by atoms with Crippen LogP contribution in [0.1, 0.15) is 42.5 Å². The minimum atomic E-state index is -0.403. The quantitative estimate of drug-likeness (QED) is 0.869. The zero-order valence-corrected chi connectivity index (χ0v) is 13.1. The molecule has 1 amide bonds. The van der Waals surface area contributed by atoms with Crippen LogP contribution < -0.4 is 5.32 Å². The first-order chi connectivity index (χ1) is 10.7. The van der Waals surface area contributed by atoms with Crippen molar-refractivity contribution in [1.29, 1.82) is 0 Å². The van der Waals surface area contributed by atoms with Gasteiger partial charge in [-0.3, -0.25) is 9.69 Å². The van der Waals surface area contributed by atoms with Gasteiger partial charge in [-0.2, -0.15) is 0 Å². The maximum Gasteiger partial charge on any atom is 0.337 e. The van der Waals surface area contributed by atoms with Crippen molar-refractivity contribution in [1.82, 2.24) is 4.90 Å². The van der Waals surface area contributed by atoms with Crippen LogP contribution in [0, 0.1) is 0 Å². The maximum atomic E-state index is 12.2. The highest BCUT2D eigenvalue weighted by Crippen LogP contribution is 2.13. The highest BCUT2D eigenvalue weighted by atomic mass is 16.5. The van der Waals surface area contributed by atoms with E-state index < -0.39 is 5.97 Å². The van der Waals surface area contributed by atoms with Crippen LogP contribution in [0.3, 0.4) is 0 Å². The fourth-order valence-corrected chi connectivity index (χ4v) is 2.72. The first kappa shape index (κ1) is 16.5. The first-order valence-corrected chi connectivity index (χ1v) is 7.89. The predicted molar refractivity (Wildman–Crippen MR) is 85.9 cm³/mol. The van der Waals surface area contributed by atoms with Crippen LogP contribution in [0.15, 0.2) is 24.3 Å². The first-order valence-electron chi connectivity index (χ1n) is 7.89. The molecule has 1 aliphatic rings. The third-order valence-corrected chi connectivity index (χ3v) is 3.88. The van der Waals surface area contributed by atoms with Crippen molar-refractivity contribution >= 4 is 17.6 Å². The molecule has 0 aromatic heterocycles. The molecule has 0 bridgehead atoms. The Morgan fingerprint density at radius 2 is 1.82 bits per heavy atom. The number of carbonyl (C=O) groups is 2. The minimum absolute atomic E-state index is 0.0393. The summed E-state index contributed by atoms with van der Waals surface area (Å²) >= 11 is 0. The summed E-state index contributed by atoms with van der Waals surface area (Å²) in [4.78, 5) is 25.9. The standard InChI is InChI=1S/C17H24N2O3/c1-22-17(21)14-8-7-9-15(12-14)18-16(20)13-19-10-5-3-2-4-6-11-19/h7-9,12H,2-6,10-11,13H2,1H3,(H,18,20). The SMILES string of the molecule is COC(=O)c1cccc(NC(=O)CN2CCCCCCC2)c1. The average Bonchev–Trinajstić information content (AvgIpc) is 2.49. The second-order valence-corrected chi connectivity index (χ2v) is 5.66.